The fourth-order valence-corrected chi connectivity index (χ4v) is 3.84. The summed E-state index contributed by atoms with van der Waals surface area (Å²) in [5, 5.41) is 4.34. The highest BCUT2D eigenvalue weighted by atomic mass is 32.2. The molecule has 3 rings (SSSR count). The van der Waals surface area contributed by atoms with Crippen LogP contribution in [-0.4, -0.2) is 45.0 Å². The minimum Gasteiger partial charge on any atom is -0.356 e. The van der Waals surface area contributed by atoms with Gasteiger partial charge < -0.3 is 10.3 Å². The third-order valence-electron chi connectivity index (χ3n) is 3.52. The summed E-state index contributed by atoms with van der Waals surface area (Å²) in [6, 6.07) is 3.76. The van der Waals surface area contributed by atoms with Gasteiger partial charge in [0.05, 0.1) is 11.2 Å². The van der Waals surface area contributed by atoms with E-state index >= 15 is 0 Å². The largest absolute Gasteiger partial charge is 0.356 e. The highest BCUT2D eigenvalue weighted by Crippen LogP contribution is 2.32. The Balaban J connectivity index is 1.46. The number of carbonyl (C=O) groups excluding carboxylic acids is 3. The molecule has 1 fully saturated rings. The molecule has 1 aliphatic rings. The number of rotatable bonds is 7. The van der Waals surface area contributed by atoms with Crippen LogP contribution in [0, 0.1) is 0 Å². The maximum absolute atomic E-state index is 12.3. The molecule has 9 heteroatoms. The van der Waals surface area contributed by atoms with Crippen molar-refractivity contribution in [1.29, 1.82) is 0 Å². The first-order valence-corrected chi connectivity index (χ1v) is 9.36. The maximum Gasteiger partial charge on any atom is 0.293 e. The number of carbonyl (C=O) groups is 3. The molecule has 0 radical (unpaired) electrons. The van der Waals surface area contributed by atoms with Crippen LogP contribution in [0.2, 0.25) is 0 Å². The van der Waals surface area contributed by atoms with Gasteiger partial charge in [-0.3, -0.25) is 19.3 Å². The molecule has 25 heavy (non-hydrogen) atoms. The first-order chi connectivity index (χ1) is 12.1. The Morgan fingerprint density at radius 2 is 2.28 bits per heavy atom. The number of hydrogen-bond donors (Lipinski definition) is 2. The minimum atomic E-state index is -0.339. The SMILES string of the molecule is O=C(CCN1C(=O)S/C(=C/c2cccs2)C1=O)NCCc1cnc[nH]1. The Morgan fingerprint density at radius 1 is 1.40 bits per heavy atom. The van der Waals surface area contributed by atoms with Crippen molar-refractivity contribution < 1.29 is 14.4 Å². The smallest absolute Gasteiger partial charge is 0.293 e. The fraction of sp³-hybridized carbons (Fsp3) is 0.250. The van der Waals surface area contributed by atoms with E-state index in [0.717, 1.165) is 27.2 Å². The van der Waals surface area contributed by atoms with Crippen molar-refractivity contribution in [2.75, 3.05) is 13.1 Å². The molecule has 0 unspecified atom stereocenters. The molecule has 2 N–H and O–H groups in total. The highest BCUT2D eigenvalue weighted by molar-refractivity contribution is 8.18. The number of hydrogen-bond acceptors (Lipinski definition) is 6. The van der Waals surface area contributed by atoms with Crippen LogP contribution >= 0.6 is 23.1 Å². The zero-order chi connectivity index (χ0) is 17.6. The summed E-state index contributed by atoms with van der Waals surface area (Å²) >= 11 is 2.41. The van der Waals surface area contributed by atoms with Crippen LogP contribution in [0.15, 0.2) is 34.9 Å². The number of nitrogens with zero attached hydrogens (tertiary/aromatic N) is 2. The average molecular weight is 376 g/mol. The van der Waals surface area contributed by atoms with Crippen LogP contribution in [-0.2, 0) is 16.0 Å². The van der Waals surface area contributed by atoms with Crippen molar-refractivity contribution in [3.63, 3.8) is 0 Å². The molecule has 0 atom stereocenters. The molecule has 130 valence electrons. The van der Waals surface area contributed by atoms with Gasteiger partial charge in [-0.2, -0.15) is 0 Å². The van der Waals surface area contributed by atoms with Gasteiger partial charge in [-0.05, 0) is 29.3 Å². The molecule has 2 aromatic rings. The molecule has 0 saturated carbocycles. The van der Waals surface area contributed by atoms with Gasteiger partial charge in [0.25, 0.3) is 11.1 Å². The molecule has 7 nitrogen and oxygen atoms in total. The predicted molar refractivity (Wildman–Crippen MR) is 96.9 cm³/mol. The molecular formula is C16H16N4O3S2. The zero-order valence-electron chi connectivity index (χ0n) is 13.2. The van der Waals surface area contributed by atoms with E-state index in [1.807, 2.05) is 17.5 Å². The number of amides is 3. The molecule has 1 aliphatic heterocycles. The third kappa shape index (κ3) is 4.58. The molecule has 2 aromatic heterocycles. The number of aromatic nitrogens is 2. The van der Waals surface area contributed by atoms with E-state index in [1.165, 1.54) is 11.3 Å². The lowest BCUT2D eigenvalue weighted by atomic mass is 10.3. The average Bonchev–Trinajstić information content (AvgIpc) is 3.31. The number of H-pyrrole nitrogens is 1. The van der Waals surface area contributed by atoms with Crippen molar-refractivity contribution in [3.05, 3.63) is 45.5 Å². The van der Waals surface area contributed by atoms with Gasteiger partial charge in [0.2, 0.25) is 5.91 Å². The van der Waals surface area contributed by atoms with Gasteiger partial charge in [0.1, 0.15) is 0 Å². The summed E-state index contributed by atoms with van der Waals surface area (Å²) in [7, 11) is 0. The fourth-order valence-electron chi connectivity index (χ4n) is 2.26. The lowest BCUT2D eigenvalue weighted by Crippen LogP contribution is -2.34. The molecule has 1 saturated heterocycles. The number of aromatic amines is 1. The van der Waals surface area contributed by atoms with Crippen molar-refractivity contribution in [2.45, 2.75) is 12.8 Å². The Labute approximate surface area is 152 Å². The number of imidazole rings is 1. The Bertz CT molecular complexity index is 784. The van der Waals surface area contributed by atoms with Crippen LogP contribution in [0.1, 0.15) is 17.0 Å². The lowest BCUT2D eigenvalue weighted by molar-refractivity contribution is -0.124. The molecular weight excluding hydrogens is 360 g/mol. The first-order valence-electron chi connectivity index (χ1n) is 7.66. The number of thiophene rings is 1. The van der Waals surface area contributed by atoms with E-state index in [4.69, 9.17) is 0 Å². The van der Waals surface area contributed by atoms with Crippen molar-refractivity contribution in [2.24, 2.45) is 0 Å². The maximum atomic E-state index is 12.3. The van der Waals surface area contributed by atoms with Gasteiger partial charge in [-0.1, -0.05) is 6.07 Å². The Hall–Kier alpha value is -2.39. The molecule has 0 bridgehead atoms. The summed E-state index contributed by atoms with van der Waals surface area (Å²) in [5.41, 5.74) is 0.935. The molecule has 0 spiro atoms. The van der Waals surface area contributed by atoms with E-state index in [9.17, 15) is 14.4 Å². The van der Waals surface area contributed by atoms with Gasteiger partial charge in [0, 0.05) is 42.7 Å². The van der Waals surface area contributed by atoms with Crippen LogP contribution in [0.4, 0.5) is 4.79 Å². The second-order valence-corrected chi connectivity index (χ2v) is 7.25. The van der Waals surface area contributed by atoms with Crippen molar-refractivity contribution >= 4 is 46.2 Å². The molecule has 3 heterocycles. The van der Waals surface area contributed by atoms with Crippen LogP contribution in [0.3, 0.4) is 0 Å². The number of imide groups is 1. The molecule has 3 amide bonds. The summed E-state index contributed by atoms with van der Waals surface area (Å²) in [5.74, 6) is -0.533. The van der Waals surface area contributed by atoms with Gasteiger partial charge in [-0.25, -0.2) is 4.98 Å². The highest BCUT2D eigenvalue weighted by Gasteiger charge is 2.35. The standard InChI is InChI=1S/C16H16N4O3S2/c21-14(18-5-3-11-9-17-10-19-11)4-6-20-15(22)13(25-16(20)23)8-12-2-1-7-24-12/h1-2,7-10H,3-6H2,(H,17,19)(H,18,21)/b13-8+. The van der Waals surface area contributed by atoms with Gasteiger partial charge >= 0.3 is 0 Å². The lowest BCUT2D eigenvalue weighted by Gasteiger charge is -2.12. The summed E-state index contributed by atoms with van der Waals surface area (Å²) in [6.45, 7) is 0.559. The molecule has 0 aromatic carbocycles. The number of thioether (sulfide) groups is 1. The zero-order valence-corrected chi connectivity index (χ0v) is 14.9. The topological polar surface area (TPSA) is 95.2 Å². The monoisotopic (exact) mass is 376 g/mol. The predicted octanol–water partition coefficient (Wildman–Crippen LogP) is 2.26. The van der Waals surface area contributed by atoms with Crippen LogP contribution < -0.4 is 5.32 Å². The summed E-state index contributed by atoms with van der Waals surface area (Å²) in [4.78, 5) is 45.5. The van der Waals surface area contributed by atoms with Crippen molar-refractivity contribution in [3.8, 4) is 0 Å². The van der Waals surface area contributed by atoms with Gasteiger partial charge in [0.15, 0.2) is 0 Å². The minimum absolute atomic E-state index is 0.0857. The van der Waals surface area contributed by atoms with E-state index < -0.39 is 0 Å². The Morgan fingerprint density at radius 3 is 3.00 bits per heavy atom. The summed E-state index contributed by atoms with van der Waals surface area (Å²) < 4.78 is 0. The second-order valence-electron chi connectivity index (χ2n) is 5.28. The van der Waals surface area contributed by atoms with Crippen LogP contribution in [0.25, 0.3) is 6.08 Å². The van der Waals surface area contributed by atoms with Crippen molar-refractivity contribution in [1.82, 2.24) is 20.2 Å². The number of nitrogens with one attached hydrogen (secondary N) is 2. The quantitative estimate of drug-likeness (QED) is 0.723. The first kappa shape index (κ1) is 17.4. The van der Waals surface area contributed by atoms with E-state index in [0.29, 0.717) is 17.9 Å². The van der Waals surface area contributed by atoms with E-state index in [1.54, 1.807) is 18.6 Å². The van der Waals surface area contributed by atoms with Crippen LogP contribution in [0.5, 0.6) is 0 Å². The van der Waals surface area contributed by atoms with E-state index in [2.05, 4.69) is 15.3 Å². The third-order valence-corrected chi connectivity index (χ3v) is 5.25. The van der Waals surface area contributed by atoms with Gasteiger partial charge in [-0.15, -0.1) is 11.3 Å². The normalized spacial score (nSPS) is 16.0. The van der Waals surface area contributed by atoms with E-state index in [-0.39, 0.29) is 30.0 Å². The Kier molecular flexibility index (Phi) is 5.67. The second kappa shape index (κ2) is 8.13. The summed E-state index contributed by atoms with van der Waals surface area (Å²) in [6.07, 6.45) is 5.73. The molecule has 0 aliphatic carbocycles.